The second-order valence-corrected chi connectivity index (χ2v) is 6.64. The highest BCUT2D eigenvalue weighted by atomic mass is 16.1. The van der Waals surface area contributed by atoms with Crippen molar-refractivity contribution in [2.45, 2.75) is 65.3 Å². The molecule has 18 heavy (non-hydrogen) atoms. The molecule has 0 aromatic rings. The molecule has 3 unspecified atom stereocenters. The van der Waals surface area contributed by atoms with Gasteiger partial charge in [0.1, 0.15) is 5.78 Å². The summed E-state index contributed by atoms with van der Waals surface area (Å²) in [6.07, 6.45) is 7.01. The van der Waals surface area contributed by atoms with E-state index in [0.29, 0.717) is 11.7 Å². The number of hydrogen-bond donors (Lipinski definition) is 0. The maximum Gasteiger partial charge on any atom is 0.137 e. The van der Waals surface area contributed by atoms with E-state index in [0.717, 1.165) is 43.7 Å². The van der Waals surface area contributed by atoms with Crippen LogP contribution in [0.15, 0.2) is 0 Å². The van der Waals surface area contributed by atoms with Crippen LogP contribution in [0.5, 0.6) is 0 Å². The lowest BCUT2D eigenvalue weighted by atomic mass is 9.75. The van der Waals surface area contributed by atoms with Gasteiger partial charge in [0, 0.05) is 24.9 Å². The summed E-state index contributed by atoms with van der Waals surface area (Å²) < 4.78 is 0. The summed E-state index contributed by atoms with van der Waals surface area (Å²) in [5.41, 5.74) is 0. The van der Waals surface area contributed by atoms with Crippen LogP contribution in [0.1, 0.15) is 59.3 Å². The predicted octanol–water partition coefficient (Wildman–Crippen LogP) is 3.50. The van der Waals surface area contributed by atoms with Crippen LogP contribution in [0.2, 0.25) is 0 Å². The molecule has 3 atom stereocenters. The highest BCUT2D eigenvalue weighted by Gasteiger charge is 2.33. The zero-order valence-corrected chi connectivity index (χ0v) is 12.3. The number of nitrogens with zero attached hydrogens (tertiary/aromatic N) is 1. The van der Waals surface area contributed by atoms with Crippen LogP contribution in [-0.2, 0) is 4.79 Å². The Morgan fingerprint density at radius 2 is 2.11 bits per heavy atom. The van der Waals surface area contributed by atoms with Gasteiger partial charge in [-0.05, 0) is 50.5 Å². The van der Waals surface area contributed by atoms with Crippen LogP contribution in [0, 0.1) is 17.8 Å². The van der Waals surface area contributed by atoms with Gasteiger partial charge in [0.25, 0.3) is 0 Å². The topological polar surface area (TPSA) is 20.3 Å². The van der Waals surface area contributed by atoms with Crippen molar-refractivity contribution in [3.63, 3.8) is 0 Å². The highest BCUT2D eigenvalue weighted by Crippen LogP contribution is 2.33. The minimum absolute atomic E-state index is 0.332. The molecule has 2 rings (SSSR count). The van der Waals surface area contributed by atoms with Gasteiger partial charge in [-0.2, -0.15) is 0 Å². The number of Topliss-reactive ketones (excluding diaryl/α,β-unsaturated/α-hetero) is 1. The highest BCUT2D eigenvalue weighted by molar-refractivity contribution is 5.82. The number of rotatable bonds is 4. The SMILES string of the molecule is CCC1CCCN1CC1CC(C(C)C)CCC1=O. The number of carbonyl (C=O) groups excluding carboxylic acids is 1. The molecule has 0 amide bonds. The average molecular weight is 251 g/mol. The Morgan fingerprint density at radius 1 is 1.33 bits per heavy atom. The Hall–Kier alpha value is -0.370. The minimum Gasteiger partial charge on any atom is -0.300 e. The van der Waals surface area contributed by atoms with Crippen molar-refractivity contribution in [1.29, 1.82) is 0 Å². The quantitative estimate of drug-likeness (QED) is 0.762. The standard InChI is InChI=1S/C16H29NO/c1-4-15-6-5-9-17(15)11-14-10-13(12(2)3)7-8-16(14)18/h12-15H,4-11H2,1-3H3. The van der Waals surface area contributed by atoms with Crippen molar-refractivity contribution in [3.8, 4) is 0 Å². The molecule has 0 aromatic heterocycles. The van der Waals surface area contributed by atoms with Crippen LogP contribution in [-0.4, -0.2) is 29.8 Å². The maximum absolute atomic E-state index is 12.1. The van der Waals surface area contributed by atoms with E-state index < -0.39 is 0 Å². The first-order valence-electron chi connectivity index (χ1n) is 7.88. The third-order valence-electron chi connectivity index (χ3n) is 5.17. The average Bonchev–Trinajstić information content (AvgIpc) is 2.79. The van der Waals surface area contributed by atoms with Gasteiger partial charge in [-0.1, -0.05) is 20.8 Å². The van der Waals surface area contributed by atoms with E-state index in [9.17, 15) is 4.79 Å². The van der Waals surface area contributed by atoms with E-state index in [4.69, 9.17) is 0 Å². The van der Waals surface area contributed by atoms with Gasteiger partial charge in [-0.25, -0.2) is 0 Å². The summed E-state index contributed by atoms with van der Waals surface area (Å²) in [5.74, 6) is 2.38. The predicted molar refractivity (Wildman–Crippen MR) is 75.6 cm³/mol. The lowest BCUT2D eigenvalue weighted by Gasteiger charge is -2.34. The van der Waals surface area contributed by atoms with Gasteiger partial charge in [0.2, 0.25) is 0 Å². The zero-order valence-electron chi connectivity index (χ0n) is 12.3. The van der Waals surface area contributed by atoms with Crippen LogP contribution < -0.4 is 0 Å². The first-order chi connectivity index (χ1) is 8.61. The number of ketones is 1. The number of carbonyl (C=O) groups is 1. The molecule has 104 valence electrons. The molecule has 1 aliphatic carbocycles. The minimum atomic E-state index is 0.332. The molecule has 1 heterocycles. The fraction of sp³-hybridized carbons (Fsp3) is 0.938. The van der Waals surface area contributed by atoms with Crippen LogP contribution >= 0.6 is 0 Å². The molecule has 2 nitrogen and oxygen atoms in total. The van der Waals surface area contributed by atoms with Crippen molar-refractivity contribution in [2.75, 3.05) is 13.1 Å². The van der Waals surface area contributed by atoms with Crippen LogP contribution in [0.3, 0.4) is 0 Å². The normalized spacial score (nSPS) is 34.4. The summed E-state index contributed by atoms with van der Waals surface area (Å²) in [6, 6.07) is 0.747. The first-order valence-corrected chi connectivity index (χ1v) is 7.88. The van der Waals surface area contributed by atoms with Crippen molar-refractivity contribution >= 4 is 5.78 Å². The monoisotopic (exact) mass is 251 g/mol. The second kappa shape index (κ2) is 6.18. The summed E-state index contributed by atoms with van der Waals surface area (Å²) in [5, 5.41) is 0. The van der Waals surface area contributed by atoms with E-state index in [1.807, 2.05) is 0 Å². The van der Waals surface area contributed by atoms with Gasteiger partial charge in [-0.3, -0.25) is 9.69 Å². The summed E-state index contributed by atoms with van der Waals surface area (Å²) in [7, 11) is 0. The van der Waals surface area contributed by atoms with Gasteiger partial charge in [-0.15, -0.1) is 0 Å². The Bertz CT molecular complexity index is 287. The molecule has 1 aliphatic heterocycles. The molecular weight excluding hydrogens is 222 g/mol. The smallest absolute Gasteiger partial charge is 0.137 e. The number of likely N-dealkylation sites (tertiary alicyclic amines) is 1. The Kier molecular flexibility index (Phi) is 4.83. The van der Waals surface area contributed by atoms with Crippen molar-refractivity contribution in [3.05, 3.63) is 0 Å². The summed E-state index contributed by atoms with van der Waals surface area (Å²) >= 11 is 0. The molecule has 2 heteroatoms. The summed E-state index contributed by atoms with van der Waals surface area (Å²) in [6.45, 7) is 9.16. The van der Waals surface area contributed by atoms with Gasteiger partial charge >= 0.3 is 0 Å². The van der Waals surface area contributed by atoms with E-state index in [2.05, 4.69) is 25.7 Å². The fourth-order valence-corrected chi connectivity index (χ4v) is 3.81. The van der Waals surface area contributed by atoms with Gasteiger partial charge < -0.3 is 0 Å². The molecule has 0 N–H and O–H groups in total. The van der Waals surface area contributed by atoms with E-state index in [1.165, 1.54) is 25.8 Å². The first kappa shape index (κ1) is 14.0. The molecular formula is C16H29NO. The Morgan fingerprint density at radius 3 is 2.78 bits per heavy atom. The van der Waals surface area contributed by atoms with E-state index >= 15 is 0 Å². The molecule has 0 bridgehead atoms. The summed E-state index contributed by atoms with van der Waals surface area (Å²) in [4.78, 5) is 14.7. The van der Waals surface area contributed by atoms with E-state index in [-0.39, 0.29) is 0 Å². The molecule has 2 aliphatic rings. The molecule has 0 radical (unpaired) electrons. The zero-order chi connectivity index (χ0) is 13.1. The maximum atomic E-state index is 12.1. The van der Waals surface area contributed by atoms with Crippen molar-refractivity contribution in [2.24, 2.45) is 17.8 Å². The second-order valence-electron chi connectivity index (χ2n) is 6.64. The third-order valence-corrected chi connectivity index (χ3v) is 5.17. The molecule has 2 fully saturated rings. The van der Waals surface area contributed by atoms with Crippen molar-refractivity contribution < 1.29 is 4.79 Å². The van der Waals surface area contributed by atoms with Gasteiger partial charge in [0.15, 0.2) is 0 Å². The van der Waals surface area contributed by atoms with Crippen LogP contribution in [0.4, 0.5) is 0 Å². The lowest BCUT2D eigenvalue weighted by Crippen LogP contribution is -2.39. The van der Waals surface area contributed by atoms with Crippen molar-refractivity contribution in [1.82, 2.24) is 4.90 Å². The molecule has 1 saturated carbocycles. The van der Waals surface area contributed by atoms with E-state index in [1.54, 1.807) is 0 Å². The third kappa shape index (κ3) is 3.14. The molecule has 0 aromatic carbocycles. The van der Waals surface area contributed by atoms with Gasteiger partial charge in [0.05, 0.1) is 0 Å². The molecule has 1 saturated heterocycles. The Labute approximate surface area is 112 Å². The fourth-order valence-electron chi connectivity index (χ4n) is 3.81. The number of hydrogen-bond acceptors (Lipinski definition) is 2. The largest absolute Gasteiger partial charge is 0.300 e. The Balaban J connectivity index is 1.92. The lowest BCUT2D eigenvalue weighted by molar-refractivity contribution is -0.126. The van der Waals surface area contributed by atoms with Crippen LogP contribution in [0.25, 0.3) is 0 Å². The molecule has 0 spiro atoms.